The van der Waals surface area contributed by atoms with Crippen molar-refractivity contribution in [1.29, 1.82) is 0 Å². The summed E-state index contributed by atoms with van der Waals surface area (Å²) in [6.45, 7) is 2.40. The van der Waals surface area contributed by atoms with Gasteiger partial charge in [-0.15, -0.1) is 0 Å². The lowest BCUT2D eigenvalue weighted by Gasteiger charge is -2.30. The van der Waals surface area contributed by atoms with E-state index in [4.69, 9.17) is 5.73 Å². The second kappa shape index (κ2) is 3.93. The van der Waals surface area contributed by atoms with Crippen molar-refractivity contribution < 1.29 is 9.59 Å². The van der Waals surface area contributed by atoms with E-state index >= 15 is 0 Å². The van der Waals surface area contributed by atoms with Crippen LogP contribution in [0.5, 0.6) is 0 Å². The second-order valence-corrected chi connectivity index (χ2v) is 4.80. The van der Waals surface area contributed by atoms with E-state index in [1.807, 2.05) is 6.92 Å². The zero-order chi connectivity index (χ0) is 11.0. The van der Waals surface area contributed by atoms with Gasteiger partial charge in [-0.2, -0.15) is 0 Å². The molecular weight excluding hydrogens is 192 g/mol. The van der Waals surface area contributed by atoms with Crippen LogP contribution in [0.15, 0.2) is 0 Å². The summed E-state index contributed by atoms with van der Waals surface area (Å²) < 4.78 is 0. The fraction of sp³-hybridized carbons (Fsp3) is 0.818. The van der Waals surface area contributed by atoms with Crippen LogP contribution >= 0.6 is 0 Å². The molecule has 3 atom stereocenters. The maximum atomic E-state index is 11.9. The number of nitrogens with zero attached hydrogens (tertiary/aromatic N) is 1. The van der Waals surface area contributed by atoms with Gasteiger partial charge in [-0.25, -0.2) is 0 Å². The summed E-state index contributed by atoms with van der Waals surface area (Å²) in [4.78, 5) is 25.2. The molecule has 0 aromatic heterocycles. The molecule has 2 amide bonds. The van der Waals surface area contributed by atoms with E-state index in [2.05, 4.69) is 0 Å². The van der Waals surface area contributed by atoms with E-state index in [1.165, 1.54) is 4.90 Å². The van der Waals surface area contributed by atoms with Crippen molar-refractivity contribution in [2.45, 2.75) is 38.6 Å². The summed E-state index contributed by atoms with van der Waals surface area (Å²) in [6, 6.07) is 0.0465. The maximum Gasteiger partial charge on any atom is 0.232 e. The van der Waals surface area contributed by atoms with Crippen LogP contribution in [-0.2, 0) is 9.59 Å². The molecular formula is C11H18N2O2. The number of carbonyl (C=O) groups is 2. The van der Waals surface area contributed by atoms with Crippen LogP contribution < -0.4 is 5.73 Å². The molecule has 2 aliphatic rings. The Kier molecular flexibility index (Phi) is 2.78. The van der Waals surface area contributed by atoms with Crippen LogP contribution in [0.1, 0.15) is 32.6 Å². The highest BCUT2D eigenvalue weighted by molar-refractivity contribution is 6.00. The molecule has 2 bridgehead atoms. The lowest BCUT2D eigenvalue weighted by molar-refractivity contribution is -0.152. The van der Waals surface area contributed by atoms with Gasteiger partial charge in [0.1, 0.15) is 0 Å². The number of piperidine rings is 1. The minimum Gasteiger partial charge on any atom is -0.328 e. The van der Waals surface area contributed by atoms with Crippen molar-refractivity contribution in [3.8, 4) is 0 Å². The largest absolute Gasteiger partial charge is 0.328 e. The van der Waals surface area contributed by atoms with Crippen molar-refractivity contribution in [2.75, 3.05) is 6.54 Å². The topological polar surface area (TPSA) is 63.4 Å². The molecule has 1 aliphatic carbocycles. The molecule has 1 saturated heterocycles. The quantitative estimate of drug-likeness (QED) is 0.690. The summed E-state index contributed by atoms with van der Waals surface area (Å²) in [5.74, 6) is 0.297. The van der Waals surface area contributed by atoms with Gasteiger partial charge in [-0.1, -0.05) is 0 Å². The third kappa shape index (κ3) is 1.91. The number of nitrogens with two attached hydrogens (primary N) is 1. The number of carbonyl (C=O) groups excluding carboxylic acids is 2. The monoisotopic (exact) mass is 210 g/mol. The van der Waals surface area contributed by atoms with Crippen LogP contribution in [-0.4, -0.2) is 29.3 Å². The normalized spacial score (nSPS) is 32.3. The third-order valence-electron chi connectivity index (χ3n) is 3.47. The first-order valence-corrected chi connectivity index (χ1v) is 5.70. The average Bonchev–Trinajstić information content (AvgIpc) is 2.61. The molecule has 0 aromatic carbocycles. The van der Waals surface area contributed by atoms with Gasteiger partial charge < -0.3 is 5.73 Å². The highest BCUT2D eigenvalue weighted by Gasteiger charge is 2.44. The van der Waals surface area contributed by atoms with E-state index in [1.54, 1.807) is 0 Å². The zero-order valence-corrected chi connectivity index (χ0v) is 9.11. The molecule has 0 spiro atoms. The molecule has 15 heavy (non-hydrogen) atoms. The predicted molar refractivity (Wildman–Crippen MR) is 55.8 cm³/mol. The third-order valence-corrected chi connectivity index (χ3v) is 3.47. The first-order valence-electron chi connectivity index (χ1n) is 5.70. The van der Waals surface area contributed by atoms with Crippen molar-refractivity contribution in [1.82, 2.24) is 4.90 Å². The predicted octanol–water partition coefficient (Wildman–Crippen LogP) is 0.509. The van der Waals surface area contributed by atoms with Crippen LogP contribution in [0.2, 0.25) is 0 Å². The molecule has 0 aromatic rings. The summed E-state index contributed by atoms with van der Waals surface area (Å²) in [5, 5.41) is 0. The zero-order valence-electron chi connectivity index (χ0n) is 9.11. The van der Waals surface area contributed by atoms with Gasteiger partial charge >= 0.3 is 0 Å². The minimum absolute atomic E-state index is 0.0365. The number of fused-ring (bicyclic) bond motifs is 2. The van der Waals surface area contributed by atoms with E-state index < -0.39 is 0 Å². The van der Waals surface area contributed by atoms with Gasteiger partial charge in [-0.3, -0.25) is 14.5 Å². The van der Waals surface area contributed by atoms with Crippen LogP contribution in [0, 0.1) is 11.8 Å². The second-order valence-electron chi connectivity index (χ2n) is 4.80. The highest BCUT2D eigenvalue weighted by atomic mass is 16.2. The van der Waals surface area contributed by atoms with Crippen LogP contribution in [0.25, 0.3) is 0 Å². The Morgan fingerprint density at radius 1 is 1.33 bits per heavy atom. The Balaban J connectivity index is 2.03. The summed E-state index contributed by atoms with van der Waals surface area (Å²) >= 11 is 0. The first-order chi connectivity index (χ1) is 7.09. The summed E-state index contributed by atoms with van der Waals surface area (Å²) in [7, 11) is 0. The lowest BCUT2D eigenvalue weighted by atomic mass is 9.97. The van der Waals surface area contributed by atoms with Gasteiger partial charge in [0.05, 0.1) is 0 Å². The fourth-order valence-electron chi connectivity index (χ4n) is 2.53. The average molecular weight is 210 g/mol. The Morgan fingerprint density at radius 3 is 2.33 bits per heavy atom. The molecule has 1 saturated carbocycles. The standard InChI is InChI=1S/C11H18N2O2/c1-7(12)4-5-13-10(14)8-2-3-9(6-8)11(13)15/h7-9H,2-6,12H2,1H3. The number of rotatable bonds is 3. The maximum absolute atomic E-state index is 11.9. The molecule has 1 heterocycles. The van der Waals surface area contributed by atoms with Crippen molar-refractivity contribution in [2.24, 2.45) is 17.6 Å². The Bertz CT molecular complexity index is 266. The van der Waals surface area contributed by atoms with E-state index in [0.717, 1.165) is 19.3 Å². The fourth-order valence-corrected chi connectivity index (χ4v) is 2.53. The van der Waals surface area contributed by atoms with Crippen molar-refractivity contribution >= 4 is 11.8 Å². The highest BCUT2D eigenvalue weighted by Crippen LogP contribution is 2.38. The number of amides is 2. The first kappa shape index (κ1) is 10.6. The van der Waals surface area contributed by atoms with E-state index in [9.17, 15) is 9.59 Å². The van der Waals surface area contributed by atoms with Crippen molar-refractivity contribution in [3.63, 3.8) is 0 Å². The Hall–Kier alpha value is -0.900. The van der Waals surface area contributed by atoms with Crippen LogP contribution in [0.3, 0.4) is 0 Å². The molecule has 2 rings (SSSR count). The number of hydrogen-bond acceptors (Lipinski definition) is 3. The number of likely N-dealkylation sites (tertiary alicyclic amines) is 1. The number of imide groups is 1. The van der Waals surface area contributed by atoms with Crippen molar-refractivity contribution in [3.05, 3.63) is 0 Å². The van der Waals surface area contributed by atoms with Crippen LogP contribution in [0.4, 0.5) is 0 Å². The lowest BCUT2D eigenvalue weighted by Crippen LogP contribution is -2.47. The molecule has 4 nitrogen and oxygen atoms in total. The molecule has 84 valence electrons. The van der Waals surface area contributed by atoms with E-state index in [0.29, 0.717) is 13.0 Å². The van der Waals surface area contributed by atoms with Gasteiger partial charge in [0, 0.05) is 24.4 Å². The van der Waals surface area contributed by atoms with Gasteiger partial charge in [0.25, 0.3) is 0 Å². The van der Waals surface area contributed by atoms with Gasteiger partial charge in [0.15, 0.2) is 0 Å². The smallest absolute Gasteiger partial charge is 0.232 e. The summed E-state index contributed by atoms with van der Waals surface area (Å²) in [5.41, 5.74) is 5.64. The molecule has 2 N–H and O–H groups in total. The minimum atomic E-state index is 0.0365. The number of hydrogen-bond donors (Lipinski definition) is 1. The Labute approximate surface area is 89.8 Å². The SMILES string of the molecule is CC(N)CCN1C(=O)C2CCC(C2)C1=O. The summed E-state index contributed by atoms with van der Waals surface area (Å²) in [6.07, 6.45) is 3.27. The molecule has 1 aliphatic heterocycles. The molecule has 3 unspecified atom stereocenters. The van der Waals surface area contributed by atoms with Gasteiger partial charge in [-0.05, 0) is 32.6 Å². The van der Waals surface area contributed by atoms with E-state index in [-0.39, 0.29) is 29.7 Å². The molecule has 0 radical (unpaired) electrons. The molecule has 4 heteroatoms. The van der Waals surface area contributed by atoms with Gasteiger partial charge in [0.2, 0.25) is 11.8 Å². The Morgan fingerprint density at radius 2 is 1.87 bits per heavy atom. The molecule has 2 fully saturated rings.